The molecule has 0 aliphatic carbocycles. The number of aromatic nitrogens is 2. The Morgan fingerprint density at radius 1 is 1.22 bits per heavy atom. The van der Waals surface area contributed by atoms with Crippen molar-refractivity contribution in [3.05, 3.63) is 40.0 Å². The molecule has 7 heteroatoms. The number of fused-ring (bicyclic) bond motifs is 1. The van der Waals surface area contributed by atoms with E-state index in [1.165, 1.54) is 45.2 Å². The first kappa shape index (κ1) is 18.8. The Morgan fingerprint density at radius 2 is 2.07 bits per heavy atom. The molecule has 1 aromatic carbocycles. The summed E-state index contributed by atoms with van der Waals surface area (Å²) in [5.74, 6) is 0.412. The van der Waals surface area contributed by atoms with E-state index in [1.54, 1.807) is 24.4 Å². The van der Waals surface area contributed by atoms with Gasteiger partial charge in [-0.15, -0.1) is 0 Å². The molecule has 2 fully saturated rings. The summed E-state index contributed by atoms with van der Waals surface area (Å²) in [6.45, 7) is 3.12. The van der Waals surface area contributed by atoms with E-state index in [0.29, 0.717) is 39.8 Å². The van der Waals surface area contributed by atoms with Gasteiger partial charge in [0.05, 0.1) is 22.5 Å². The molecule has 0 bridgehead atoms. The second kappa shape index (κ2) is 8.21. The number of aromatic amines is 1. The molecule has 1 aromatic heterocycles. The number of nitrogens with one attached hydrogen (secondary N) is 2. The standard InChI is InChI=1S/C20H24Cl2N4O/c21-14-6-7-15(17(22)10-14)19-16(12-24-25-19)20(27)23-11-13-4-3-9-26-8-2-1-5-18(13)26/h6-7,10,12-13,18H,1-5,8-9,11H2,(H,23,27)(H,24,25). The number of benzene rings is 1. The maximum atomic E-state index is 12.8. The van der Waals surface area contributed by atoms with Crippen LogP contribution in [0.1, 0.15) is 42.5 Å². The maximum Gasteiger partial charge on any atom is 0.255 e. The quantitative estimate of drug-likeness (QED) is 0.791. The van der Waals surface area contributed by atoms with Gasteiger partial charge in [-0.1, -0.05) is 29.6 Å². The maximum absolute atomic E-state index is 12.8. The zero-order valence-corrected chi connectivity index (χ0v) is 16.7. The summed E-state index contributed by atoms with van der Waals surface area (Å²) in [5.41, 5.74) is 1.85. The number of hydrogen-bond donors (Lipinski definition) is 2. The third-order valence-electron chi connectivity index (χ3n) is 5.84. The fourth-order valence-corrected chi connectivity index (χ4v) is 4.99. The average molecular weight is 407 g/mol. The van der Waals surface area contributed by atoms with Gasteiger partial charge in [-0.3, -0.25) is 9.89 Å². The monoisotopic (exact) mass is 406 g/mol. The normalized spacial score (nSPS) is 23.0. The minimum Gasteiger partial charge on any atom is -0.352 e. The molecule has 3 heterocycles. The van der Waals surface area contributed by atoms with Gasteiger partial charge in [-0.2, -0.15) is 5.10 Å². The average Bonchev–Trinajstić information content (AvgIpc) is 3.15. The summed E-state index contributed by atoms with van der Waals surface area (Å²) in [5, 5.41) is 11.1. The highest BCUT2D eigenvalue weighted by atomic mass is 35.5. The molecule has 27 heavy (non-hydrogen) atoms. The van der Waals surface area contributed by atoms with Crippen LogP contribution < -0.4 is 5.32 Å². The molecular weight excluding hydrogens is 383 g/mol. The Morgan fingerprint density at radius 3 is 2.93 bits per heavy atom. The van der Waals surface area contributed by atoms with Crippen LogP contribution in [0.25, 0.3) is 11.3 Å². The van der Waals surface area contributed by atoms with Crippen molar-refractivity contribution >= 4 is 29.1 Å². The molecule has 2 saturated heterocycles. The van der Waals surface area contributed by atoms with Crippen LogP contribution in [0.3, 0.4) is 0 Å². The van der Waals surface area contributed by atoms with Crippen molar-refractivity contribution < 1.29 is 4.79 Å². The Hall–Kier alpha value is -1.56. The van der Waals surface area contributed by atoms with Crippen LogP contribution in [-0.2, 0) is 0 Å². The molecule has 2 N–H and O–H groups in total. The molecule has 1 amide bonds. The zero-order valence-electron chi connectivity index (χ0n) is 15.2. The Bertz CT molecular complexity index is 820. The fourth-order valence-electron chi connectivity index (χ4n) is 4.49. The van der Waals surface area contributed by atoms with Crippen molar-refractivity contribution in [1.82, 2.24) is 20.4 Å². The highest BCUT2D eigenvalue weighted by Gasteiger charge is 2.33. The van der Waals surface area contributed by atoms with E-state index in [2.05, 4.69) is 20.4 Å². The summed E-state index contributed by atoms with van der Waals surface area (Å²) < 4.78 is 0. The van der Waals surface area contributed by atoms with Crippen LogP contribution in [0.4, 0.5) is 0 Å². The molecule has 2 unspecified atom stereocenters. The Kier molecular flexibility index (Phi) is 5.71. The van der Waals surface area contributed by atoms with Crippen LogP contribution in [0.15, 0.2) is 24.4 Å². The van der Waals surface area contributed by atoms with Gasteiger partial charge in [0, 0.05) is 23.2 Å². The number of piperidine rings is 2. The number of nitrogens with zero attached hydrogens (tertiary/aromatic N) is 2. The molecule has 0 spiro atoms. The van der Waals surface area contributed by atoms with Gasteiger partial charge >= 0.3 is 0 Å². The van der Waals surface area contributed by atoms with Crippen LogP contribution in [0.5, 0.6) is 0 Å². The van der Waals surface area contributed by atoms with E-state index >= 15 is 0 Å². The number of halogens is 2. The van der Waals surface area contributed by atoms with Gasteiger partial charge < -0.3 is 10.2 Å². The number of H-pyrrole nitrogens is 1. The number of carbonyl (C=O) groups is 1. The molecule has 144 valence electrons. The molecule has 2 aromatic rings. The van der Waals surface area contributed by atoms with Gasteiger partial charge in [0.15, 0.2) is 0 Å². The van der Waals surface area contributed by atoms with Crippen molar-refractivity contribution in [3.8, 4) is 11.3 Å². The largest absolute Gasteiger partial charge is 0.352 e. The predicted octanol–water partition coefficient (Wildman–Crippen LogP) is 4.38. The molecule has 5 nitrogen and oxygen atoms in total. The fraction of sp³-hybridized carbons (Fsp3) is 0.500. The topological polar surface area (TPSA) is 61.0 Å². The van der Waals surface area contributed by atoms with E-state index < -0.39 is 0 Å². The number of carbonyl (C=O) groups excluding carboxylic acids is 1. The molecule has 0 saturated carbocycles. The summed E-state index contributed by atoms with van der Waals surface area (Å²) in [7, 11) is 0. The van der Waals surface area contributed by atoms with Crippen LogP contribution in [-0.4, -0.2) is 46.7 Å². The van der Waals surface area contributed by atoms with Crippen molar-refractivity contribution in [2.24, 2.45) is 5.92 Å². The van der Waals surface area contributed by atoms with E-state index in [1.807, 2.05) is 0 Å². The number of hydrogen-bond acceptors (Lipinski definition) is 3. The number of amides is 1. The summed E-state index contributed by atoms with van der Waals surface area (Å²) in [4.78, 5) is 15.4. The van der Waals surface area contributed by atoms with Crippen molar-refractivity contribution in [3.63, 3.8) is 0 Å². The van der Waals surface area contributed by atoms with Crippen molar-refractivity contribution in [2.45, 2.75) is 38.1 Å². The van der Waals surface area contributed by atoms with E-state index in [0.717, 1.165) is 5.56 Å². The highest BCUT2D eigenvalue weighted by molar-refractivity contribution is 6.36. The van der Waals surface area contributed by atoms with Gasteiger partial charge in [0.25, 0.3) is 5.91 Å². The van der Waals surface area contributed by atoms with Crippen LogP contribution in [0, 0.1) is 5.92 Å². The van der Waals surface area contributed by atoms with Crippen LogP contribution in [0.2, 0.25) is 10.0 Å². The lowest BCUT2D eigenvalue weighted by molar-refractivity contribution is 0.0576. The molecule has 2 aliphatic rings. The molecule has 2 aliphatic heterocycles. The van der Waals surface area contributed by atoms with Crippen molar-refractivity contribution in [1.29, 1.82) is 0 Å². The van der Waals surface area contributed by atoms with Crippen molar-refractivity contribution in [2.75, 3.05) is 19.6 Å². The third-order valence-corrected chi connectivity index (χ3v) is 6.39. The smallest absolute Gasteiger partial charge is 0.255 e. The van der Waals surface area contributed by atoms with Gasteiger partial charge in [-0.25, -0.2) is 0 Å². The first-order chi connectivity index (χ1) is 13.1. The van der Waals surface area contributed by atoms with E-state index in [4.69, 9.17) is 23.2 Å². The first-order valence-corrected chi connectivity index (χ1v) is 10.4. The lowest BCUT2D eigenvalue weighted by atomic mass is 9.83. The van der Waals surface area contributed by atoms with E-state index in [-0.39, 0.29) is 5.91 Å². The highest BCUT2D eigenvalue weighted by Crippen LogP contribution is 2.32. The lowest BCUT2D eigenvalue weighted by Crippen LogP contribution is -2.51. The minimum absolute atomic E-state index is 0.113. The minimum atomic E-state index is -0.113. The summed E-state index contributed by atoms with van der Waals surface area (Å²) in [6, 6.07) is 5.84. The predicted molar refractivity (Wildman–Crippen MR) is 108 cm³/mol. The second-order valence-electron chi connectivity index (χ2n) is 7.49. The lowest BCUT2D eigenvalue weighted by Gasteiger charge is -2.44. The van der Waals surface area contributed by atoms with E-state index in [9.17, 15) is 4.79 Å². The second-order valence-corrected chi connectivity index (χ2v) is 8.34. The summed E-state index contributed by atoms with van der Waals surface area (Å²) in [6.07, 6.45) is 7.81. The van der Waals surface area contributed by atoms with Gasteiger partial charge in [0.2, 0.25) is 0 Å². The Balaban J connectivity index is 1.46. The SMILES string of the molecule is O=C(NCC1CCCN2CCCCC12)c1cn[nH]c1-c1ccc(Cl)cc1Cl. The van der Waals surface area contributed by atoms with Crippen LogP contribution >= 0.6 is 23.2 Å². The first-order valence-electron chi connectivity index (χ1n) is 9.64. The Labute approximate surface area is 169 Å². The van der Waals surface area contributed by atoms with Gasteiger partial charge in [-0.05, 0) is 62.9 Å². The summed E-state index contributed by atoms with van der Waals surface area (Å²) >= 11 is 12.3. The zero-order chi connectivity index (χ0) is 18.8. The molecule has 4 rings (SSSR count). The number of rotatable bonds is 4. The van der Waals surface area contributed by atoms with Gasteiger partial charge in [0.1, 0.15) is 0 Å². The molecule has 0 radical (unpaired) electrons. The molecule has 2 atom stereocenters. The third kappa shape index (κ3) is 4.00. The molecular formula is C20H24Cl2N4O.